The lowest BCUT2D eigenvalue weighted by molar-refractivity contribution is 0.174. The van der Waals surface area contributed by atoms with E-state index >= 15 is 0 Å². The number of hydrogen-bond donors (Lipinski definition) is 1. The van der Waals surface area contributed by atoms with Crippen molar-refractivity contribution in [2.45, 2.75) is 26.0 Å². The molecule has 2 heterocycles. The number of aryl methyl sites for hydroxylation is 1. The van der Waals surface area contributed by atoms with Gasteiger partial charge in [-0.1, -0.05) is 11.6 Å². The standard InChI is InChI=1S/C15H17ClFN3O/c1-10-14(9-19-7-6-13(21)8-19)15(16)20(18-10)12-4-2-11(17)3-5-12/h2-5,13,21H,6-9H2,1H3/t13-/m1/s1. The lowest BCUT2D eigenvalue weighted by Gasteiger charge is -2.14. The van der Waals surface area contributed by atoms with Crippen LogP contribution in [0.15, 0.2) is 24.3 Å². The second-order valence-electron chi connectivity index (χ2n) is 5.42. The maximum Gasteiger partial charge on any atom is 0.137 e. The van der Waals surface area contributed by atoms with E-state index in [1.54, 1.807) is 16.8 Å². The van der Waals surface area contributed by atoms with Gasteiger partial charge < -0.3 is 5.11 Å². The number of aliphatic hydroxyl groups excluding tert-OH is 1. The van der Waals surface area contributed by atoms with E-state index in [0.717, 1.165) is 29.9 Å². The largest absolute Gasteiger partial charge is 0.392 e. The topological polar surface area (TPSA) is 41.3 Å². The predicted octanol–water partition coefficient (Wildman–Crippen LogP) is 2.54. The SMILES string of the molecule is Cc1nn(-c2ccc(F)cc2)c(Cl)c1CN1CC[C@@H](O)C1. The molecule has 0 bridgehead atoms. The van der Waals surface area contributed by atoms with Crippen LogP contribution in [0.4, 0.5) is 4.39 Å². The highest BCUT2D eigenvalue weighted by Crippen LogP contribution is 2.26. The second-order valence-corrected chi connectivity index (χ2v) is 5.78. The molecule has 112 valence electrons. The van der Waals surface area contributed by atoms with Crippen molar-refractivity contribution in [3.8, 4) is 5.69 Å². The van der Waals surface area contributed by atoms with Crippen LogP contribution in [-0.4, -0.2) is 39.0 Å². The number of likely N-dealkylation sites (tertiary alicyclic amines) is 1. The molecule has 0 radical (unpaired) electrons. The minimum Gasteiger partial charge on any atom is -0.392 e. The third-order valence-corrected chi connectivity index (χ3v) is 4.21. The minimum absolute atomic E-state index is 0.253. The molecule has 4 nitrogen and oxygen atoms in total. The van der Waals surface area contributed by atoms with E-state index < -0.39 is 0 Å². The Bertz CT molecular complexity index is 641. The molecule has 1 atom stereocenters. The molecule has 1 N–H and O–H groups in total. The van der Waals surface area contributed by atoms with Crippen LogP contribution in [0.25, 0.3) is 5.69 Å². The zero-order valence-electron chi connectivity index (χ0n) is 11.8. The summed E-state index contributed by atoms with van der Waals surface area (Å²) in [5.41, 5.74) is 2.54. The van der Waals surface area contributed by atoms with Gasteiger partial charge in [0, 0.05) is 25.2 Å². The molecule has 1 aromatic heterocycles. The third kappa shape index (κ3) is 2.95. The molecule has 1 aliphatic rings. The molecule has 2 aromatic rings. The molecule has 0 spiro atoms. The van der Waals surface area contributed by atoms with Gasteiger partial charge in [0.05, 0.1) is 17.5 Å². The highest BCUT2D eigenvalue weighted by atomic mass is 35.5. The molecule has 1 aromatic carbocycles. The first-order chi connectivity index (χ1) is 10.0. The molecule has 0 amide bonds. The van der Waals surface area contributed by atoms with Gasteiger partial charge in [-0.05, 0) is 37.6 Å². The monoisotopic (exact) mass is 309 g/mol. The average molecular weight is 310 g/mol. The molecule has 0 saturated carbocycles. The van der Waals surface area contributed by atoms with Crippen molar-refractivity contribution in [3.05, 3.63) is 46.5 Å². The fourth-order valence-corrected chi connectivity index (χ4v) is 2.98. The smallest absolute Gasteiger partial charge is 0.137 e. The van der Waals surface area contributed by atoms with Gasteiger partial charge in [0.2, 0.25) is 0 Å². The van der Waals surface area contributed by atoms with Gasteiger partial charge in [-0.3, -0.25) is 4.90 Å². The summed E-state index contributed by atoms with van der Waals surface area (Å²) >= 11 is 6.44. The molecule has 6 heteroatoms. The summed E-state index contributed by atoms with van der Waals surface area (Å²) in [7, 11) is 0. The Morgan fingerprint density at radius 2 is 2.10 bits per heavy atom. The van der Waals surface area contributed by atoms with Crippen molar-refractivity contribution in [1.82, 2.24) is 14.7 Å². The van der Waals surface area contributed by atoms with E-state index in [0.29, 0.717) is 18.2 Å². The normalized spacial score (nSPS) is 19.3. The van der Waals surface area contributed by atoms with Crippen molar-refractivity contribution in [2.75, 3.05) is 13.1 Å². The molecule has 21 heavy (non-hydrogen) atoms. The predicted molar refractivity (Wildman–Crippen MR) is 79.2 cm³/mol. The molecule has 1 saturated heterocycles. The summed E-state index contributed by atoms with van der Waals surface area (Å²) in [6, 6.07) is 6.08. The second kappa shape index (κ2) is 5.75. The number of hydrogen-bond acceptors (Lipinski definition) is 3. The lowest BCUT2D eigenvalue weighted by Crippen LogP contribution is -2.21. The van der Waals surface area contributed by atoms with Crippen LogP contribution in [-0.2, 0) is 6.54 Å². The highest BCUT2D eigenvalue weighted by Gasteiger charge is 2.23. The number of halogens is 2. The molecule has 1 fully saturated rings. The van der Waals surface area contributed by atoms with Gasteiger partial charge in [-0.25, -0.2) is 9.07 Å². The lowest BCUT2D eigenvalue weighted by atomic mass is 10.2. The zero-order valence-corrected chi connectivity index (χ0v) is 12.5. The van der Waals surface area contributed by atoms with Crippen molar-refractivity contribution in [1.29, 1.82) is 0 Å². The summed E-state index contributed by atoms with van der Waals surface area (Å²) in [5.74, 6) is -0.287. The van der Waals surface area contributed by atoms with Crippen molar-refractivity contribution >= 4 is 11.6 Å². The third-order valence-electron chi connectivity index (χ3n) is 3.82. The van der Waals surface area contributed by atoms with E-state index in [1.807, 2.05) is 6.92 Å². The van der Waals surface area contributed by atoms with Crippen LogP contribution < -0.4 is 0 Å². The van der Waals surface area contributed by atoms with E-state index in [2.05, 4.69) is 10.00 Å². The molecular weight excluding hydrogens is 293 g/mol. The van der Waals surface area contributed by atoms with Gasteiger partial charge in [0.25, 0.3) is 0 Å². The fraction of sp³-hybridized carbons (Fsp3) is 0.400. The quantitative estimate of drug-likeness (QED) is 0.947. The van der Waals surface area contributed by atoms with Crippen LogP contribution in [0.3, 0.4) is 0 Å². The Labute approximate surface area is 127 Å². The fourth-order valence-electron chi connectivity index (χ4n) is 2.64. The van der Waals surface area contributed by atoms with Crippen LogP contribution in [0.5, 0.6) is 0 Å². The average Bonchev–Trinajstić information content (AvgIpc) is 2.98. The van der Waals surface area contributed by atoms with Crippen LogP contribution >= 0.6 is 11.6 Å². The molecule has 1 aliphatic heterocycles. The first kappa shape index (κ1) is 14.5. The van der Waals surface area contributed by atoms with E-state index in [4.69, 9.17) is 11.6 Å². The summed E-state index contributed by atoms with van der Waals surface area (Å²) in [4.78, 5) is 2.16. The van der Waals surface area contributed by atoms with Gasteiger partial charge >= 0.3 is 0 Å². The number of rotatable bonds is 3. The van der Waals surface area contributed by atoms with Crippen molar-refractivity contribution in [3.63, 3.8) is 0 Å². The summed E-state index contributed by atoms with van der Waals surface area (Å²) in [6.45, 7) is 4.10. The van der Waals surface area contributed by atoms with Crippen molar-refractivity contribution < 1.29 is 9.50 Å². The number of nitrogens with zero attached hydrogens (tertiary/aromatic N) is 3. The zero-order chi connectivity index (χ0) is 15.0. The Morgan fingerprint density at radius 3 is 2.71 bits per heavy atom. The summed E-state index contributed by atoms with van der Waals surface area (Å²) in [6.07, 6.45) is 0.541. The Hall–Kier alpha value is -1.43. The van der Waals surface area contributed by atoms with E-state index in [1.165, 1.54) is 12.1 Å². The summed E-state index contributed by atoms with van der Waals surface area (Å²) in [5, 5.41) is 14.6. The van der Waals surface area contributed by atoms with Crippen LogP contribution in [0, 0.1) is 12.7 Å². The number of β-amino-alcohol motifs (C(OH)–C–C–N with tert-alkyl or cyclic N) is 1. The Kier molecular flexibility index (Phi) is 3.97. The van der Waals surface area contributed by atoms with Crippen LogP contribution in [0.2, 0.25) is 5.15 Å². The van der Waals surface area contributed by atoms with E-state index in [-0.39, 0.29) is 11.9 Å². The first-order valence-corrected chi connectivity index (χ1v) is 7.33. The number of benzene rings is 1. The highest BCUT2D eigenvalue weighted by molar-refractivity contribution is 6.30. The molecule has 3 rings (SSSR count). The number of aliphatic hydroxyl groups is 1. The molecule has 0 unspecified atom stereocenters. The maximum absolute atomic E-state index is 13.0. The minimum atomic E-state index is -0.287. The first-order valence-electron chi connectivity index (χ1n) is 6.95. The van der Waals surface area contributed by atoms with Gasteiger partial charge in [0.15, 0.2) is 0 Å². The van der Waals surface area contributed by atoms with Crippen LogP contribution in [0.1, 0.15) is 17.7 Å². The molecular formula is C15H17ClFN3O. The van der Waals surface area contributed by atoms with Gasteiger partial charge in [0.1, 0.15) is 11.0 Å². The number of aromatic nitrogens is 2. The Balaban J connectivity index is 1.87. The Morgan fingerprint density at radius 1 is 1.38 bits per heavy atom. The summed E-state index contributed by atoms with van der Waals surface area (Å²) < 4.78 is 14.6. The van der Waals surface area contributed by atoms with Crippen molar-refractivity contribution in [2.24, 2.45) is 0 Å². The van der Waals surface area contributed by atoms with Gasteiger partial charge in [-0.15, -0.1) is 0 Å². The maximum atomic E-state index is 13.0. The van der Waals surface area contributed by atoms with E-state index in [9.17, 15) is 9.50 Å². The van der Waals surface area contributed by atoms with Gasteiger partial charge in [-0.2, -0.15) is 5.10 Å². The molecule has 0 aliphatic carbocycles.